The molecule has 0 saturated carbocycles. The van der Waals surface area contributed by atoms with Crippen LogP contribution < -0.4 is 5.32 Å². The van der Waals surface area contributed by atoms with Crippen molar-refractivity contribution in [3.05, 3.63) is 42.1 Å². The first-order chi connectivity index (χ1) is 9.79. The average molecular weight is 269 g/mol. The lowest BCUT2D eigenvalue weighted by Gasteiger charge is -2.17. The monoisotopic (exact) mass is 269 g/mol. The van der Waals surface area contributed by atoms with Crippen molar-refractivity contribution in [2.45, 2.75) is 18.9 Å². The average Bonchev–Trinajstić information content (AvgIpc) is 2.85. The molecule has 20 heavy (non-hydrogen) atoms. The van der Waals surface area contributed by atoms with Crippen molar-refractivity contribution in [1.82, 2.24) is 15.2 Å². The van der Waals surface area contributed by atoms with Gasteiger partial charge in [0.05, 0.1) is 11.6 Å². The minimum absolute atomic E-state index is 0.000595. The fourth-order valence-corrected chi connectivity index (χ4v) is 2.85. The zero-order chi connectivity index (χ0) is 13.9. The van der Waals surface area contributed by atoms with E-state index in [1.165, 1.54) is 5.56 Å². The Kier molecular flexibility index (Phi) is 3.65. The normalized spacial score (nSPS) is 18.9. The van der Waals surface area contributed by atoms with Crippen LogP contribution in [0.15, 0.2) is 36.5 Å². The summed E-state index contributed by atoms with van der Waals surface area (Å²) in [5.74, 6) is 0.223. The molecule has 1 atom stereocenters. The topological polar surface area (TPSA) is 45.2 Å². The highest BCUT2D eigenvalue weighted by atomic mass is 16.2. The Bertz CT molecular complexity index is 621. The molecule has 0 radical (unpaired) electrons. The van der Waals surface area contributed by atoms with E-state index < -0.39 is 0 Å². The van der Waals surface area contributed by atoms with Crippen LogP contribution in [0, 0.1) is 0 Å². The zero-order valence-corrected chi connectivity index (χ0v) is 11.7. The second-order valence-electron chi connectivity index (χ2n) is 5.20. The number of benzene rings is 1. The highest BCUT2D eigenvalue weighted by Crippen LogP contribution is 2.18. The quantitative estimate of drug-likeness (QED) is 0.917. The van der Waals surface area contributed by atoms with Gasteiger partial charge < -0.3 is 10.2 Å². The number of rotatable bonds is 4. The predicted octanol–water partition coefficient (Wildman–Crippen LogP) is 1.60. The Morgan fingerprint density at radius 3 is 3.00 bits per heavy atom. The smallest absolute Gasteiger partial charge is 0.239 e. The minimum atomic E-state index is 0.000595. The minimum Gasteiger partial charge on any atom is -0.341 e. The van der Waals surface area contributed by atoms with Crippen LogP contribution in [0.1, 0.15) is 12.0 Å². The van der Waals surface area contributed by atoms with Crippen LogP contribution in [-0.2, 0) is 11.2 Å². The van der Waals surface area contributed by atoms with Crippen LogP contribution in [-0.4, -0.2) is 42.0 Å². The zero-order valence-electron chi connectivity index (χ0n) is 11.7. The summed E-state index contributed by atoms with van der Waals surface area (Å²) in [5, 5.41) is 4.23. The maximum absolute atomic E-state index is 12.1. The molecule has 1 saturated heterocycles. The maximum atomic E-state index is 12.1. The van der Waals surface area contributed by atoms with Crippen molar-refractivity contribution < 1.29 is 4.79 Å². The van der Waals surface area contributed by atoms with E-state index in [9.17, 15) is 4.79 Å². The number of carbonyl (C=O) groups is 1. The van der Waals surface area contributed by atoms with E-state index in [1.807, 2.05) is 24.2 Å². The predicted molar refractivity (Wildman–Crippen MR) is 79.5 cm³/mol. The van der Waals surface area contributed by atoms with Crippen LogP contribution in [0.3, 0.4) is 0 Å². The molecule has 2 aromatic rings. The number of hydrogen-bond donors (Lipinski definition) is 1. The molecule has 104 valence electrons. The van der Waals surface area contributed by atoms with Crippen LogP contribution >= 0.6 is 0 Å². The molecule has 1 amide bonds. The summed E-state index contributed by atoms with van der Waals surface area (Å²) in [5.41, 5.74) is 2.26. The van der Waals surface area contributed by atoms with Gasteiger partial charge in [0.1, 0.15) is 0 Å². The fourth-order valence-electron chi connectivity index (χ4n) is 2.85. The number of hydrogen-bond acceptors (Lipinski definition) is 3. The largest absolute Gasteiger partial charge is 0.341 e. The second kappa shape index (κ2) is 5.59. The Hall–Kier alpha value is -1.94. The highest BCUT2D eigenvalue weighted by molar-refractivity contribution is 5.84. The fraction of sp³-hybridized carbons (Fsp3) is 0.375. The van der Waals surface area contributed by atoms with Gasteiger partial charge in [-0.1, -0.05) is 24.3 Å². The van der Waals surface area contributed by atoms with E-state index in [0.29, 0.717) is 0 Å². The summed E-state index contributed by atoms with van der Waals surface area (Å²) in [7, 11) is 1.85. The molecule has 4 nitrogen and oxygen atoms in total. The molecule has 4 heteroatoms. The first-order valence-electron chi connectivity index (χ1n) is 7.08. The second-order valence-corrected chi connectivity index (χ2v) is 5.20. The van der Waals surface area contributed by atoms with E-state index >= 15 is 0 Å². The number of pyridine rings is 1. The maximum Gasteiger partial charge on any atom is 0.239 e. The number of aromatic nitrogens is 1. The third kappa shape index (κ3) is 2.39. The van der Waals surface area contributed by atoms with Crippen LogP contribution in [0.2, 0.25) is 0 Å². The lowest BCUT2D eigenvalue weighted by atomic mass is 10.1. The molecular weight excluding hydrogens is 250 g/mol. The summed E-state index contributed by atoms with van der Waals surface area (Å²) in [6.45, 7) is 1.62. The van der Waals surface area contributed by atoms with Crippen molar-refractivity contribution >= 4 is 16.8 Å². The molecule has 0 bridgehead atoms. The molecule has 1 fully saturated rings. The van der Waals surface area contributed by atoms with Gasteiger partial charge in [0.2, 0.25) is 5.91 Å². The van der Waals surface area contributed by atoms with Crippen molar-refractivity contribution in [2.24, 2.45) is 0 Å². The van der Waals surface area contributed by atoms with Crippen LogP contribution in [0.5, 0.6) is 0 Å². The standard InChI is InChI=1S/C16H19N3O/c1-17-14-8-11-19(16(14)20)10-7-13-5-2-4-12-6-3-9-18-15(12)13/h2-6,9,14,17H,7-8,10-11H2,1H3. The van der Waals surface area contributed by atoms with Gasteiger partial charge in [-0.05, 0) is 31.5 Å². The molecule has 1 aliphatic rings. The molecule has 0 aliphatic carbocycles. The van der Waals surface area contributed by atoms with E-state index in [0.717, 1.165) is 36.8 Å². The number of nitrogens with one attached hydrogen (secondary N) is 1. The number of nitrogens with zero attached hydrogens (tertiary/aromatic N) is 2. The Balaban J connectivity index is 1.73. The highest BCUT2D eigenvalue weighted by Gasteiger charge is 2.29. The van der Waals surface area contributed by atoms with E-state index in [-0.39, 0.29) is 11.9 Å². The number of likely N-dealkylation sites (tertiary alicyclic amines) is 1. The van der Waals surface area contributed by atoms with Gasteiger partial charge in [-0.15, -0.1) is 0 Å². The molecule has 1 aliphatic heterocycles. The number of carbonyl (C=O) groups excluding carboxylic acids is 1. The summed E-state index contributed by atoms with van der Waals surface area (Å²) in [6.07, 6.45) is 3.59. The molecule has 3 rings (SSSR count). The van der Waals surface area contributed by atoms with Crippen molar-refractivity contribution in [1.29, 1.82) is 0 Å². The summed E-state index contributed by atoms with van der Waals surface area (Å²) in [6, 6.07) is 10.3. The van der Waals surface area contributed by atoms with Gasteiger partial charge in [0.15, 0.2) is 0 Å². The lowest BCUT2D eigenvalue weighted by molar-refractivity contribution is -0.129. The van der Waals surface area contributed by atoms with E-state index in [4.69, 9.17) is 0 Å². The molecule has 0 spiro atoms. The molecule has 1 aromatic heterocycles. The third-order valence-electron chi connectivity index (χ3n) is 4.01. The van der Waals surface area contributed by atoms with Crippen molar-refractivity contribution in [3.63, 3.8) is 0 Å². The Morgan fingerprint density at radius 2 is 2.20 bits per heavy atom. The van der Waals surface area contributed by atoms with Gasteiger partial charge in [-0.2, -0.15) is 0 Å². The molecule has 1 N–H and O–H groups in total. The van der Waals surface area contributed by atoms with Gasteiger partial charge in [-0.3, -0.25) is 9.78 Å². The van der Waals surface area contributed by atoms with E-state index in [2.05, 4.69) is 34.6 Å². The molecule has 1 unspecified atom stereocenters. The number of likely N-dealkylation sites (N-methyl/N-ethyl adjacent to an activating group) is 1. The van der Waals surface area contributed by atoms with Crippen LogP contribution in [0.4, 0.5) is 0 Å². The Labute approximate surface area is 118 Å². The number of para-hydroxylation sites is 1. The van der Waals surface area contributed by atoms with Crippen LogP contribution in [0.25, 0.3) is 10.9 Å². The Morgan fingerprint density at radius 1 is 1.35 bits per heavy atom. The molecule has 2 heterocycles. The summed E-state index contributed by atoms with van der Waals surface area (Å²) in [4.78, 5) is 18.5. The number of fused-ring (bicyclic) bond motifs is 1. The molecule has 1 aromatic carbocycles. The van der Waals surface area contributed by atoms with Crippen molar-refractivity contribution in [2.75, 3.05) is 20.1 Å². The lowest BCUT2D eigenvalue weighted by Crippen LogP contribution is -2.37. The first-order valence-corrected chi connectivity index (χ1v) is 7.08. The molecular formula is C16H19N3O. The SMILES string of the molecule is CNC1CCN(CCc2cccc3cccnc23)C1=O. The summed E-state index contributed by atoms with van der Waals surface area (Å²) < 4.78 is 0. The first kappa shape index (κ1) is 13.1. The van der Waals surface area contributed by atoms with Gasteiger partial charge in [0, 0.05) is 24.7 Å². The van der Waals surface area contributed by atoms with E-state index in [1.54, 1.807) is 0 Å². The van der Waals surface area contributed by atoms with Crippen molar-refractivity contribution in [3.8, 4) is 0 Å². The van der Waals surface area contributed by atoms with Gasteiger partial charge in [0.25, 0.3) is 0 Å². The number of amides is 1. The summed E-state index contributed by atoms with van der Waals surface area (Å²) >= 11 is 0. The van der Waals surface area contributed by atoms with Gasteiger partial charge >= 0.3 is 0 Å². The third-order valence-corrected chi connectivity index (χ3v) is 4.01. The van der Waals surface area contributed by atoms with Gasteiger partial charge in [-0.25, -0.2) is 0 Å².